The van der Waals surface area contributed by atoms with E-state index in [0.717, 1.165) is 31.6 Å². The Morgan fingerprint density at radius 2 is 1.89 bits per heavy atom. The van der Waals surface area contributed by atoms with Gasteiger partial charge in [-0.15, -0.1) is 0 Å². The first-order valence-electron chi connectivity index (χ1n) is 6.78. The molecule has 4 heteroatoms. The first kappa shape index (κ1) is 14.0. The highest BCUT2D eigenvalue weighted by atomic mass is 19.1. The molecule has 0 aromatic heterocycles. The van der Waals surface area contributed by atoms with Crippen molar-refractivity contribution in [1.82, 2.24) is 9.80 Å². The zero-order valence-corrected chi connectivity index (χ0v) is 11.6. The number of carbonyl (C=O) groups is 1. The van der Waals surface area contributed by atoms with Gasteiger partial charge in [-0.05, 0) is 31.0 Å². The Kier molecular flexibility index (Phi) is 4.53. The standard InChI is InChI=1S/C15H21FN2O/c1-12(11-13-3-5-14(16)6-4-13)18-8-7-15(19)17(2)9-10-18/h3-6,12H,7-11H2,1-2H3/t12-/m1/s1. The van der Waals surface area contributed by atoms with E-state index in [-0.39, 0.29) is 11.7 Å². The van der Waals surface area contributed by atoms with Crippen molar-refractivity contribution in [3.8, 4) is 0 Å². The van der Waals surface area contributed by atoms with Gasteiger partial charge in [0.2, 0.25) is 5.91 Å². The monoisotopic (exact) mass is 264 g/mol. The summed E-state index contributed by atoms with van der Waals surface area (Å²) in [7, 11) is 1.86. The third-order valence-corrected chi connectivity index (χ3v) is 3.83. The fourth-order valence-corrected chi connectivity index (χ4v) is 2.48. The topological polar surface area (TPSA) is 23.6 Å². The van der Waals surface area contributed by atoms with Gasteiger partial charge in [0.15, 0.2) is 0 Å². The maximum absolute atomic E-state index is 12.9. The number of rotatable bonds is 3. The zero-order valence-electron chi connectivity index (χ0n) is 11.6. The summed E-state index contributed by atoms with van der Waals surface area (Å²) in [6.45, 7) is 4.67. The molecule has 1 heterocycles. The average molecular weight is 264 g/mol. The molecule has 1 aromatic carbocycles. The highest BCUT2D eigenvalue weighted by Gasteiger charge is 2.21. The van der Waals surface area contributed by atoms with Crippen molar-refractivity contribution in [2.75, 3.05) is 26.7 Å². The molecule has 1 saturated heterocycles. The van der Waals surface area contributed by atoms with Gasteiger partial charge in [-0.3, -0.25) is 9.69 Å². The predicted molar refractivity (Wildman–Crippen MR) is 73.4 cm³/mol. The summed E-state index contributed by atoms with van der Waals surface area (Å²) >= 11 is 0. The molecule has 104 valence electrons. The van der Waals surface area contributed by atoms with Crippen molar-refractivity contribution in [2.45, 2.75) is 25.8 Å². The highest BCUT2D eigenvalue weighted by molar-refractivity contribution is 5.76. The largest absolute Gasteiger partial charge is 0.344 e. The van der Waals surface area contributed by atoms with Gasteiger partial charge >= 0.3 is 0 Å². The first-order chi connectivity index (χ1) is 9.06. The quantitative estimate of drug-likeness (QED) is 0.832. The Balaban J connectivity index is 1.94. The Morgan fingerprint density at radius 3 is 2.58 bits per heavy atom. The van der Waals surface area contributed by atoms with E-state index in [1.54, 1.807) is 4.90 Å². The number of carbonyl (C=O) groups excluding carboxylic acids is 1. The van der Waals surface area contributed by atoms with Crippen molar-refractivity contribution in [3.63, 3.8) is 0 Å². The molecule has 1 aromatic rings. The molecule has 0 unspecified atom stereocenters. The van der Waals surface area contributed by atoms with Crippen LogP contribution in [-0.2, 0) is 11.2 Å². The second-order valence-electron chi connectivity index (χ2n) is 5.28. The Morgan fingerprint density at radius 1 is 1.21 bits per heavy atom. The summed E-state index contributed by atoms with van der Waals surface area (Å²) in [6.07, 6.45) is 1.47. The van der Waals surface area contributed by atoms with Crippen LogP contribution in [0.2, 0.25) is 0 Å². The molecule has 0 radical (unpaired) electrons. The number of nitrogens with zero attached hydrogens (tertiary/aromatic N) is 2. The van der Waals surface area contributed by atoms with E-state index < -0.39 is 0 Å². The van der Waals surface area contributed by atoms with E-state index in [4.69, 9.17) is 0 Å². The second-order valence-corrected chi connectivity index (χ2v) is 5.28. The van der Waals surface area contributed by atoms with Crippen LogP contribution in [-0.4, -0.2) is 48.4 Å². The number of amides is 1. The summed E-state index contributed by atoms with van der Waals surface area (Å²) in [5, 5.41) is 0. The molecule has 0 aliphatic carbocycles. The van der Waals surface area contributed by atoms with E-state index in [2.05, 4.69) is 11.8 Å². The number of hydrogen-bond acceptors (Lipinski definition) is 2. The molecule has 1 fully saturated rings. The van der Waals surface area contributed by atoms with Crippen molar-refractivity contribution in [1.29, 1.82) is 0 Å². The lowest BCUT2D eigenvalue weighted by Gasteiger charge is -2.27. The highest BCUT2D eigenvalue weighted by Crippen LogP contribution is 2.12. The smallest absolute Gasteiger partial charge is 0.223 e. The lowest BCUT2D eigenvalue weighted by molar-refractivity contribution is -0.129. The maximum Gasteiger partial charge on any atom is 0.223 e. The number of likely N-dealkylation sites (N-methyl/N-ethyl adjacent to an activating group) is 1. The number of hydrogen-bond donors (Lipinski definition) is 0. The van der Waals surface area contributed by atoms with Crippen LogP contribution in [0.25, 0.3) is 0 Å². The van der Waals surface area contributed by atoms with Gasteiger partial charge in [-0.1, -0.05) is 12.1 Å². The van der Waals surface area contributed by atoms with Crippen LogP contribution < -0.4 is 0 Å². The molecule has 19 heavy (non-hydrogen) atoms. The molecule has 0 spiro atoms. The maximum atomic E-state index is 12.9. The number of halogens is 1. The SMILES string of the molecule is C[C@H](Cc1ccc(F)cc1)N1CCC(=O)N(C)CC1. The molecule has 0 saturated carbocycles. The number of benzene rings is 1. The lowest BCUT2D eigenvalue weighted by atomic mass is 10.1. The third-order valence-electron chi connectivity index (χ3n) is 3.83. The van der Waals surface area contributed by atoms with Gasteiger partial charge in [0.25, 0.3) is 0 Å². The van der Waals surface area contributed by atoms with E-state index in [9.17, 15) is 9.18 Å². The fraction of sp³-hybridized carbons (Fsp3) is 0.533. The third kappa shape index (κ3) is 3.77. The van der Waals surface area contributed by atoms with Gasteiger partial charge < -0.3 is 4.90 Å². The summed E-state index contributed by atoms with van der Waals surface area (Å²) in [5.41, 5.74) is 1.14. The molecule has 1 atom stereocenters. The Hall–Kier alpha value is -1.42. The van der Waals surface area contributed by atoms with Crippen LogP contribution in [0.4, 0.5) is 4.39 Å². The van der Waals surface area contributed by atoms with Crippen LogP contribution in [0.1, 0.15) is 18.9 Å². The fourth-order valence-electron chi connectivity index (χ4n) is 2.48. The van der Waals surface area contributed by atoms with Gasteiger partial charge in [0.1, 0.15) is 5.82 Å². The first-order valence-corrected chi connectivity index (χ1v) is 6.78. The van der Waals surface area contributed by atoms with Crippen molar-refractivity contribution in [2.24, 2.45) is 0 Å². The summed E-state index contributed by atoms with van der Waals surface area (Å²) in [5.74, 6) is 0.0230. The minimum absolute atomic E-state index is 0.196. The minimum atomic E-state index is -0.196. The molecule has 0 bridgehead atoms. The zero-order chi connectivity index (χ0) is 13.8. The van der Waals surface area contributed by atoms with Gasteiger partial charge in [-0.25, -0.2) is 4.39 Å². The Bertz CT molecular complexity index is 432. The molecular formula is C15H21FN2O. The van der Waals surface area contributed by atoms with E-state index in [1.165, 1.54) is 12.1 Å². The van der Waals surface area contributed by atoms with Crippen molar-refractivity contribution < 1.29 is 9.18 Å². The van der Waals surface area contributed by atoms with Gasteiger partial charge in [-0.2, -0.15) is 0 Å². The molecule has 1 amide bonds. The van der Waals surface area contributed by atoms with Crippen LogP contribution in [0.3, 0.4) is 0 Å². The van der Waals surface area contributed by atoms with Crippen LogP contribution in [0, 0.1) is 5.82 Å². The summed E-state index contributed by atoms with van der Waals surface area (Å²) in [4.78, 5) is 15.8. The van der Waals surface area contributed by atoms with Crippen molar-refractivity contribution in [3.05, 3.63) is 35.6 Å². The molecule has 2 rings (SSSR count). The lowest BCUT2D eigenvalue weighted by Crippen LogP contribution is -2.37. The van der Waals surface area contributed by atoms with Crippen LogP contribution in [0.15, 0.2) is 24.3 Å². The second kappa shape index (κ2) is 6.15. The van der Waals surface area contributed by atoms with Crippen molar-refractivity contribution >= 4 is 5.91 Å². The molecule has 3 nitrogen and oxygen atoms in total. The Labute approximate surface area is 114 Å². The van der Waals surface area contributed by atoms with Crippen LogP contribution >= 0.6 is 0 Å². The van der Waals surface area contributed by atoms with Gasteiger partial charge in [0.05, 0.1) is 0 Å². The predicted octanol–water partition coefficient (Wildman–Crippen LogP) is 1.92. The average Bonchev–Trinajstić information content (AvgIpc) is 2.56. The molecule has 0 N–H and O–H groups in total. The molecule has 1 aliphatic heterocycles. The van der Waals surface area contributed by atoms with Crippen LogP contribution in [0.5, 0.6) is 0 Å². The minimum Gasteiger partial charge on any atom is -0.344 e. The summed E-state index contributed by atoms with van der Waals surface area (Å²) < 4.78 is 12.9. The van der Waals surface area contributed by atoms with E-state index >= 15 is 0 Å². The molecular weight excluding hydrogens is 243 g/mol. The normalized spacial score (nSPS) is 19.3. The molecule has 1 aliphatic rings. The van der Waals surface area contributed by atoms with Gasteiger partial charge in [0, 0.05) is 39.1 Å². The van der Waals surface area contributed by atoms with E-state index in [0.29, 0.717) is 12.5 Å². The summed E-state index contributed by atoms with van der Waals surface area (Å²) in [6, 6.07) is 7.04. The van der Waals surface area contributed by atoms with E-state index in [1.807, 2.05) is 19.2 Å².